The molecular formula is C20H27N3O3. The molecule has 6 nitrogen and oxygen atoms in total. The number of carbonyl (C=O) groups excluding carboxylic acids is 1. The van der Waals surface area contributed by atoms with Crippen LogP contribution in [0.4, 0.5) is 5.69 Å². The molecule has 1 aliphatic heterocycles. The van der Waals surface area contributed by atoms with E-state index in [1.54, 1.807) is 7.11 Å². The number of aromatic nitrogens is 1. The molecule has 1 aliphatic carbocycles. The summed E-state index contributed by atoms with van der Waals surface area (Å²) in [6.07, 6.45) is 4.75. The Balaban J connectivity index is 0.000000339. The van der Waals surface area contributed by atoms with Gasteiger partial charge in [0.25, 0.3) is 0 Å². The average molecular weight is 357 g/mol. The van der Waals surface area contributed by atoms with Crippen LogP contribution in [0.25, 0.3) is 11.1 Å². The van der Waals surface area contributed by atoms with Crippen molar-refractivity contribution < 1.29 is 14.1 Å². The van der Waals surface area contributed by atoms with Crippen LogP contribution in [0.1, 0.15) is 37.1 Å². The lowest BCUT2D eigenvalue weighted by Crippen LogP contribution is -2.13. The highest BCUT2D eigenvalue weighted by atomic mass is 16.5. The molecule has 1 aromatic heterocycles. The molecule has 1 saturated heterocycles. The summed E-state index contributed by atoms with van der Waals surface area (Å²) < 4.78 is 10.6. The first-order valence-corrected chi connectivity index (χ1v) is 9.23. The van der Waals surface area contributed by atoms with Gasteiger partial charge in [0, 0.05) is 17.2 Å². The van der Waals surface area contributed by atoms with Crippen molar-refractivity contribution in [3.05, 3.63) is 29.7 Å². The van der Waals surface area contributed by atoms with E-state index in [-0.39, 0.29) is 11.8 Å². The number of amides is 1. The van der Waals surface area contributed by atoms with Crippen LogP contribution in [-0.4, -0.2) is 31.3 Å². The van der Waals surface area contributed by atoms with Gasteiger partial charge in [0.05, 0.1) is 18.4 Å². The maximum absolute atomic E-state index is 11.9. The Morgan fingerprint density at radius 2 is 2.00 bits per heavy atom. The van der Waals surface area contributed by atoms with Crippen LogP contribution < -0.4 is 15.4 Å². The summed E-state index contributed by atoms with van der Waals surface area (Å²) in [5.74, 6) is 1.73. The molecule has 1 amide bonds. The van der Waals surface area contributed by atoms with Gasteiger partial charge in [-0.2, -0.15) is 0 Å². The minimum Gasteiger partial charge on any atom is -0.496 e. The second-order valence-corrected chi connectivity index (χ2v) is 6.83. The van der Waals surface area contributed by atoms with Gasteiger partial charge in [-0.1, -0.05) is 5.16 Å². The predicted molar refractivity (Wildman–Crippen MR) is 101 cm³/mol. The Bertz CT molecular complexity index is 735. The van der Waals surface area contributed by atoms with E-state index in [1.807, 2.05) is 32.0 Å². The first-order valence-electron chi connectivity index (χ1n) is 9.23. The summed E-state index contributed by atoms with van der Waals surface area (Å²) in [5, 5.41) is 10.2. The lowest BCUT2D eigenvalue weighted by atomic mass is 10.0. The number of carbonyl (C=O) groups is 1. The van der Waals surface area contributed by atoms with Gasteiger partial charge in [-0.3, -0.25) is 4.79 Å². The van der Waals surface area contributed by atoms with Crippen LogP contribution in [0.5, 0.6) is 5.75 Å². The molecule has 2 aliphatic rings. The van der Waals surface area contributed by atoms with Gasteiger partial charge in [-0.25, -0.2) is 0 Å². The summed E-state index contributed by atoms with van der Waals surface area (Å²) in [6, 6.07) is 5.61. The summed E-state index contributed by atoms with van der Waals surface area (Å²) in [5.41, 5.74) is 3.36. The fraction of sp³-hybridized carbons (Fsp3) is 0.500. The van der Waals surface area contributed by atoms with Gasteiger partial charge in [0.2, 0.25) is 5.91 Å². The van der Waals surface area contributed by atoms with Crippen LogP contribution in [0.3, 0.4) is 0 Å². The quantitative estimate of drug-likeness (QED) is 0.873. The zero-order valence-corrected chi connectivity index (χ0v) is 15.7. The third-order valence-corrected chi connectivity index (χ3v) is 4.67. The van der Waals surface area contributed by atoms with Crippen LogP contribution in [0, 0.1) is 19.8 Å². The molecule has 140 valence electrons. The number of rotatable bonds is 4. The zero-order chi connectivity index (χ0) is 18.5. The summed E-state index contributed by atoms with van der Waals surface area (Å²) in [7, 11) is 1.62. The van der Waals surface area contributed by atoms with Gasteiger partial charge >= 0.3 is 0 Å². The van der Waals surface area contributed by atoms with E-state index in [0.29, 0.717) is 0 Å². The van der Waals surface area contributed by atoms with E-state index in [0.717, 1.165) is 46.9 Å². The topological polar surface area (TPSA) is 76.4 Å². The minimum atomic E-state index is 0.0879. The van der Waals surface area contributed by atoms with E-state index in [9.17, 15) is 4.79 Å². The largest absolute Gasteiger partial charge is 0.496 e. The van der Waals surface area contributed by atoms with Crippen molar-refractivity contribution >= 4 is 11.6 Å². The zero-order valence-electron chi connectivity index (χ0n) is 15.7. The lowest BCUT2D eigenvalue weighted by molar-refractivity contribution is -0.117. The van der Waals surface area contributed by atoms with Crippen molar-refractivity contribution in [2.24, 2.45) is 5.92 Å². The molecule has 0 bridgehead atoms. The van der Waals surface area contributed by atoms with Gasteiger partial charge in [0.15, 0.2) is 0 Å². The Kier molecular flexibility index (Phi) is 5.93. The smallest absolute Gasteiger partial charge is 0.227 e. The molecule has 0 unspecified atom stereocenters. The Morgan fingerprint density at radius 3 is 2.50 bits per heavy atom. The van der Waals surface area contributed by atoms with Crippen LogP contribution in [0.15, 0.2) is 22.7 Å². The molecule has 2 aromatic rings. The highest BCUT2D eigenvalue weighted by Crippen LogP contribution is 2.37. The molecule has 1 aromatic carbocycles. The molecule has 0 atom stereocenters. The number of anilines is 1. The van der Waals surface area contributed by atoms with Crippen molar-refractivity contribution in [3.63, 3.8) is 0 Å². The van der Waals surface area contributed by atoms with E-state index >= 15 is 0 Å². The summed E-state index contributed by atoms with van der Waals surface area (Å²) in [4.78, 5) is 11.9. The fourth-order valence-electron chi connectivity index (χ4n) is 3.06. The highest BCUT2D eigenvalue weighted by molar-refractivity contribution is 5.95. The van der Waals surface area contributed by atoms with Crippen molar-refractivity contribution in [3.8, 4) is 16.9 Å². The first-order chi connectivity index (χ1) is 12.6. The summed E-state index contributed by atoms with van der Waals surface area (Å²) in [6.45, 7) is 6.25. The molecule has 2 heterocycles. The molecule has 2 N–H and O–H groups in total. The Hall–Kier alpha value is -2.34. The highest BCUT2D eigenvalue weighted by Gasteiger charge is 2.29. The van der Waals surface area contributed by atoms with E-state index in [4.69, 9.17) is 9.26 Å². The molecule has 26 heavy (non-hydrogen) atoms. The molecular weight excluding hydrogens is 330 g/mol. The molecule has 0 radical (unpaired) electrons. The van der Waals surface area contributed by atoms with Gasteiger partial charge < -0.3 is 19.9 Å². The van der Waals surface area contributed by atoms with Crippen molar-refractivity contribution in [2.75, 3.05) is 25.5 Å². The van der Waals surface area contributed by atoms with E-state index < -0.39 is 0 Å². The normalized spacial score (nSPS) is 16.0. The number of ether oxygens (including phenoxy) is 1. The number of benzene rings is 1. The maximum atomic E-state index is 11.9. The Labute approximate surface area is 154 Å². The van der Waals surface area contributed by atoms with Gasteiger partial charge in [0.1, 0.15) is 11.5 Å². The van der Waals surface area contributed by atoms with Crippen molar-refractivity contribution in [1.82, 2.24) is 10.5 Å². The van der Waals surface area contributed by atoms with Crippen LogP contribution in [-0.2, 0) is 4.79 Å². The number of aryl methyl sites for hydroxylation is 2. The van der Waals surface area contributed by atoms with Gasteiger partial charge in [-0.05, 0) is 70.8 Å². The number of hydrogen-bond donors (Lipinski definition) is 2. The summed E-state index contributed by atoms with van der Waals surface area (Å²) >= 11 is 0. The Morgan fingerprint density at radius 1 is 1.27 bits per heavy atom. The SMILES string of the molecule is C1CCNC1.COc1ccc(NC(=O)C2CC2)cc1-c1c(C)noc1C. The fourth-order valence-corrected chi connectivity index (χ4v) is 3.06. The maximum Gasteiger partial charge on any atom is 0.227 e. The van der Waals surface area contributed by atoms with Crippen LogP contribution >= 0.6 is 0 Å². The number of nitrogens with one attached hydrogen (secondary N) is 2. The number of nitrogens with zero attached hydrogens (tertiary/aromatic N) is 1. The molecule has 4 rings (SSSR count). The van der Waals surface area contributed by atoms with E-state index in [1.165, 1.54) is 25.9 Å². The van der Waals surface area contributed by atoms with Crippen LogP contribution in [0.2, 0.25) is 0 Å². The lowest BCUT2D eigenvalue weighted by Gasteiger charge is -2.11. The molecule has 6 heteroatoms. The third kappa shape index (κ3) is 4.43. The average Bonchev–Trinajstić information content (AvgIpc) is 3.19. The van der Waals surface area contributed by atoms with E-state index in [2.05, 4.69) is 15.8 Å². The number of methoxy groups -OCH3 is 1. The van der Waals surface area contributed by atoms with Crippen molar-refractivity contribution in [2.45, 2.75) is 39.5 Å². The monoisotopic (exact) mass is 357 g/mol. The van der Waals surface area contributed by atoms with Crippen molar-refractivity contribution in [1.29, 1.82) is 0 Å². The second-order valence-electron chi connectivity index (χ2n) is 6.83. The second kappa shape index (κ2) is 8.36. The molecule has 0 spiro atoms. The third-order valence-electron chi connectivity index (χ3n) is 4.67. The predicted octanol–water partition coefficient (Wildman–Crippen LogP) is 3.69. The molecule has 2 fully saturated rings. The number of hydrogen-bond acceptors (Lipinski definition) is 5. The van der Waals surface area contributed by atoms with Gasteiger partial charge in [-0.15, -0.1) is 0 Å². The standard InChI is InChI=1S/C16H18N2O3.C4H9N/c1-9-15(10(2)21-18-9)13-8-12(6-7-14(13)20-3)17-16(19)11-4-5-11;1-2-4-5-3-1/h6-8,11H,4-5H2,1-3H3,(H,17,19);5H,1-4H2. The molecule has 1 saturated carbocycles. The minimum absolute atomic E-state index is 0.0879. The first kappa shape index (κ1) is 18.5.